The summed E-state index contributed by atoms with van der Waals surface area (Å²) >= 11 is 0. The van der Waals surface area contributed by atoms with Crippen LogP contribution < -0.4 is 5.32 Å². The van der Waals surface area contributed by atoms with Gasteiger partial charge in [0.05, 0.1) is 11.5 Å². The summed E-state index contributed by atoms with van der Waals surface area (Å²) in [5, 5.41) is 12.5. The fraction of sp³-hybridized carbons (Fsp3) is 0.259. The van der Waals surface area contributed by atoms with Crippen molar-refractivity contribution in [2.75, 3.05) is 5.32 Å². The van der Waals surface area contributed by atoms with Gasteiger partial charge in [0.25, 0.3) is 0 Å². The van der Waals surface area contributed by atoms with Crippen LogP contribution in [-0.2, 0) is 17.6 Å². The second-order valence-corrected chi connectivity index (χ2v) is 8.35. The molecule has 0 aliphatic rings. The Balaban J connectivity index is 1.76. The van der Waals surface area contributed by atoms with Crippen LogP contribution in [0.1, 0.15) is 59.3 Å². The molecule has 0 heterocycles. The predicted octanol–water partition coefficient (Wildman–Crippen LogP) is 5.92. The lowest BCUT2D eigenvalue weighted by atomic mass is 9.95. The summed E-state index contributed by atoms with van der Waals surface area (Å²) in [4.78, 5) is 24.5. The van der Waals surface area contributed by atoms with E-state index in [4.69, 9.17) is 0 Å². The zero-order chi connectivity index (χ0) is 22.4. The molecule has 0 aliphatic heterocycles. The first-order chi connectivity index (χ1) is 14.8. The number of nitrogens with one attached hydrogen (secondary N) is 1. The van der Waals surface area contributed by atoms with Gasteiger partial charge in [-0.05, 0) is 53.6 Å². The van der Waals surface area contributed by atoms with Gasteiger partial charge in [-0.25, -0.2) is 4.79 Å². The van der Waals surface area contributed by atoms with Gasteiger partial charge >= 0.3 is 5.97 Å². The van der Waals surface area contributed by atoms with Gasteiger partial charge in [-0.3, -0.25) is 4.79 Å². The number of carboxylic acid groups (broad SMARTS) is 1. The largest absolute Gasteiger partial charge is 0.478 e. The minimum absolute atomic E-state index is 0.0874. The highest BCUT2D eigenvalue weighted by molar-refractivity contribution is 5.96. The third-order valence-electron chi connectivity index (χ3n) is 5.42. The maximum atomic E-state index is 13.0. The van der Waals surface area contributed by atoms with Crippen LogP contribution in [0.2, 0.25) is 0 Å². The number of carbonyl (C=O) groups is 2. The average molecular weight is 416 g/mol. The SMILES string of the molecule is CC(C)Cc1ccc(C(C)C(=O)Nc2ccccc2Cc2ccccc2C(=O)O)cc1. The number of carboxylic acids is 1. The maximum absolute atomic E-state index is 13.0. The number of carbonyl (C=O) groups excluding carboxylic acids is 1. The Morgan fingerprint density at radius 3 is 2.10 bits per heavy atom. The van der Waals surface area contributed by atoms with Crippen molar-refractivity contribution in [3.8, 4) is 0 Å². The number of rotatable bonds is 8. The highest BCUT2D eigenvalue weighted by Crippen LogP contribution is 2.24. The summed E-state index contributed by atoms with van der Waals surface area (Å²) in [5.41, 5.74) is 4.82. The van der Waals surface area contributed by atoms with Crippen molar-refractivity contribution in [1.82, 2.24) is 0 Å². The van der Waals surface area contributed by atoms with Gasteiger partial charge < -0.3 is 10.4 Å². The Morgan fingerprint density at radius 1 is 0.839 bits per heavy atom. The average Bonchev–Trinajstić information content (AvgIpc) is 2.75. The molecule has 3 aromatic carbocycles. The van der Waals surface area contributed by atoms with Crippen molar-refractivity contribution in [2.24, 2.45) is 5.92 Å². The predicted molar refractivity (Wildman–Crippen MR) is 125 cm³/mol. The van der Waals surface area contributed by atoms with Crippen molar-refractivity contribution >= 4 is 17.6 Å². The molecule has 4 heteroatoms. The number of amides is 1. The van der Waals surface area contributed by atoms with Crippen LogP contribution in [0.25, 0.3) is 0 Å². The molecule has 0 saturated heterocycles. The Hall–Kier alpha value is -3.40. The summed E-state index contributed by atoms with van der Waals surface area (Å²) in [7, 11) is 0. The number of benzene rings is 3. The summed E-state index contributed by atoms with van der Waals surface area (Å²) in [6.45, 7) is 6.28. The summed E-state index contributed by atoms with van der Waals surface area (Å²) < 4.78 is 0. The molecule has 0 spiro atoms. The molecule has 0 fully saturated rings. The summed E-state index contributed by atoms with van der Waals surface area (Å²) in [6.07, 6.45) is 1.45. The lowest BCUT2D eigenvalue weighted by Gasteiger charge is -2.16. The van der Waals surface area contributed by atoms with E-state index in [2.05, 4.69) is 31.3 Å². The summed E-state index contributed by atoms with van der Waals surface area (Å²) in [6, 6.07) is 22.7. The van der Waals surface area contributed by atoms with Crippen molar-refractivity contribution in [1.29, 1.82) is 0 Å². The molecule has 0 bridgehead atoms. The number of hydrogen-bond donors (Lipinski definition) is 2. The quantitative estimate of drug-likeness (QED) is 0.480. The molecule has 4 nitrogen and oxygen atoms in total. The fourth-order valence-corrected chi connectivity index (χ4v) is 3.69. The van der Waals surface area contributed by atoms with Crippen LogP contribution in [0.15, 0.2) is 72.8 Å². The van der Waals surface area contributed by atoms with Crippen LogP contribution in [0.4, 0.5) is 5.69 Å². The number of anilines is 1. The molecule has 3 aromatic rings. The molecule has 31 heavy (non-hydrogen) atoms. The van der Waals surface area contributed by atoms with E-state index in [1.54, 1.807) is 12.1 Å². The Labute approximate surface area is 183 Å². The van der Waals surface area contributed by atoms with Gasteiger partial charge in [0.2, 0.25) is 5.91 Å². The topological polar surface area (TPSA) is 66.4 Å². The third kappa shape index (κ3) is 5.82. The molecule has 0 aromatic heterocycles. The number of para-hydroxylation sites is 1. The number of aromatic carboxylic acids is 1. The zero-order valence-electron chi connectivity index (χ0n) is 18.3. The van der Waals surface area contributed by atoms with Crippen molar-refractivity contribution in [3.63, 3.8) is 0 Å². The molecule has 1 atom stereocenters. The Morgan fingerprint density at radius 2 is 1.45 bits per heavy atom. The first-order valence-corrected chi connectivity index (χ1v) is 10.6. The fourth-order valence-electron chi connectivity index (χ4n) is 3.69. The molecular weight excluding hydrogens is 386 g/mol. The van der Waals surface area contributed by atoms with E-state index in [9.17, 15) is 14.7 Å². The first-order valence-electron chi connectivity index (χ1n) is 10.6. The smallest absolute Gasteiger partial charge is 0.335 e. The van der Waals surface area contributed by atoms with E-state index >= 15 is 0 Å². The monoisotopic (exact) mass is 415 g/mol. The molecule has 0 radical (unpaired) electrons. The van der Waals surface area contributed by atoms with E-state index in [0.717, 1.165) is 17.5 Å². The standard InChI is InChI=1S/C27H29NO3/c1-18(2)16-20-12-14-21(15-13-20)19(3)26(29)28-25-11-7-5-9-23(25)17-22-8-4-6-10-24(22)27(30)31/h4-15,18-19H,16-17H2,1-3H3,(H,28,29)(H,30,31). The normalized spacial score (nSPS) is 11.9. The minimum Gasteiger partial charge on any atom is -0.478 e. The highest BCUT2D eigenvalue weighted by Gasteiger charge is 2.18. The first kappa shape index (κ1) is 22.3. The number of hydrogen-bond acceptors (Lipinski definition) is 2. The van der Waals surface area contributed by atoms with E-state index in [0.29, 0.717) is 23.6 Å². The Kier molecular flexibility index (Phi) is 7.24. The van der Waals surface area contributed by atoms with E-state index in [-0.39, 0.29) is 17.4 Å². The van der Waals surface area contributed by atoms with Crippen molar-refractivity contribution < 1.29 is 14.7 Å². The van der Waals surface area contributed by atoms with E-state index in [1.165, 1.54) is 5.56 Å². The van der Waals surface area contributed by atoms with E-state index in [1.807, 2.05) is 55.5 Å². The molecule has 160 valence electrons. The minimum atomic E-state index is -0.952. The van der Waals surface area contributed by atoms with Crippen LogP contribution in [0.3, 0.4) is 0 Å². The maximum Gasteiger partial charge on any atom is 0.335 e. The van der Waals surface area contributed by atoms with Gasteiger partial charge in [0, 0.05) is 12.1 Å². The third-order valence-corrected chi connectivity index (χ3v) is 5.42. The Bertz CT molecular complexity index is 1050. The second-order valence-electron chi connectivity index (χ2n) is 8.35. The zero-order valence-corrected chi connectivity index (χ0v) is 18.3. The molecule has 1 amide bonds. The van der Waals surface area contributed by atoms with Crippen LogP contribution >= 0.6 is 0 Å². The molecular formula is C27H29NO3. The van der Waals surface area contributed by atoms with Crippen LogP contribution in [0.5, 0.6) is 0 Å². The van der Waals surface area contributed by atoms with Crippen molar-refractivity contribution in [2.45, 2.75) is 39.5 Å². The van der Waals surface area contributed by atoms with Crippen molar-refractivity contribution in [3.05, 3.63) is 101 Å². The van der Waals surface area contributed by atoms with Gasteiger partial charge in [0.15, 0.2) is 0 Å². The van der Waals surface area contributed by atoms with Gasteiger partial charge in [-0.15, -0.1) is 0 Å². The summed E-state index contributed by atoms with van der Waals surface area (Å²) in [5.74, 6) is -0.746. The molecule has 3 rings (SSSR count). The van der Waals surface area contributed by atoms with Gasteiger partial charge in [-0.1, -0.05) is 74.5 Å². The molecule has 1 unspecified atom stereocenters. The molecule has 0 aliphatic carbocycles. The molecule has 2 N–H and O–H groups in total. The van der Waals surface area contributed by atoms with Gasteiger partial charge in [-0.2, -0.15) is 0 Å². The van der Waals surface area contributed by atoms with Gasteiger partial charge in [0.1, 0.15) is 0 Å². The lowest BCUT2D eigenvalue weighted by molar-refractivity contribution is -0.117. The highest BCUT2D eigenvalue weighted by atomic mass is 16.4. The second kappa shape index (κ2) is 10.1. The van der Waals surface area contributed by atoms with Crippen LogP contribution in [0, 0.1) is 5.92 Å². The molecule has 0 saturated carbocycles. The lowest BCUT2D eigenvalue weighted by Crippen LogP contribution is -2.20. The van der Waals surface area contributed by atoms with E-state index < -0.39 is 5.97 Å². The van der Waals surface area contributed by atoms with Crippen LogP contribution in [-0.4, -0.2) is 17.0 Å².